The molecule has 0 radical (unpaired) electrons. The van der Waals surface area contributed by atoms with Crippen molar-refractivity contribution in [2.75, 3.05) is 18.1 Å². The zero-order chi connectivity index (χ0) is 19.5. The molecule has 1 N–H and O–H groups in total. The summed E-state index contributed by atoms with van der Waals surface area (Å²) in [7, 11) is -3.14. The molecule has 26 heavy (non-hydrogen) atoms. The molecule has 0 bridgehead atoms. The fourth-order valence-electron chi connectivity index (χ4n) is 3.10. The molecule has 1 heterocycles. The summed E-state index contributed by atoms with van der Waals surface area (Å²) >= 11 is 0. The van der Waals surface area contributed by atoms with E-state index in [4.69, 9.17) is 4.74 Å². The van der Waals surface area contributed by atoms with Crippen molar-refractivity contribution in [1.29, 1.82) is 0 Å². The molecule has 1 amide bonds. The van der Waals surface area contributed by atoms with Gasteiger partial charge in [-0.3, -0.25) is 4.79 Å². The first-order valence-electron chi connectivity index (χ1n) is 8.63. The lowest BCUT2D eigenvalue weighted by molar-refractivity contribution is -0.138. The molecule has 1 aliphatic heterocycles. The summed E-state index contributed by atoms with van der Waals surface area (Å²) in [5, 5.41) is 9.94. The van der Waals surface area contributed by atoms with Crippen molar-refractivity contribution in [3.63, 3.8) is 0 Å². The van der Waals surface area contributed by atoms with Crippen LogP contribution in [0, 0.1) is 6.92 Å². The fraction of sp³-hybridized carbons (Fsp3) is 0.556. The van der Waals surface area contributed by atoms with Gasteiger partial charge in [0, 0.05) is 12.1 Å². The minimum atomic E-state index is -3.14. The number of benzene rings is 1. The average molecular weight is 383 g/mol. The molecule has 2 rings (SSSR count). The van der Waals surface area contributed by atoms with Crippen molar-refractivity contribution in [3.05, 3.63) is 29.3 Å². The summed E-state index contributed by atoms with van der Waals surface area (Å²) in [6, 6.07) is 4.14. The smallest absolute Gasteiger partial charge is 0.342 e. The van der Waals surface area contributed by atoms with Gasteiger partial charge >= 0.3 is 5.97 Å². The van der Waals surface area contributed by atoms with Crippen LogP contribution in [0.4, 0.5) is 0 Å². The Hall–Kier alpha value is -2.09. The summed E-state index contributed by atoms with van der Waals surface area (Å²) in [6.45, 7) is 4.91. The van der Waals surface area contributed by atoms with E-state index in [1.54, 1.807) is 19.1 Å². The summed E-state index contributed by atoms with van der Waals surface area (Å²) in [4.78, 5) is 26.3. The molecule has 0 aromatic heterocycles. The van der Waals surface area contributed by atoms with E-state index in [0.717, 1.165) is 0 Å². The molecule has 0 unspecified atom stereocenters. The van der Waals surface area contributed by atoms with E-state index in [0.29, 0.717) is 18.4 Å². The molecule has 1 aliphatic rings. The zero-order valence-corrected chi connectivity index (χ0v) is 16.1. The molecule has 1 aromatic rings. The number of amides is 1. The van der Waals surface area contributed by atoms with Crippen LogP contribution in [0.15, 0.2) is 18.2 Å². The van der Waals surface area contributed by atoms with Crippen LogP contribution >= 0.6 is 0 Å². The molecule has 7 nitrogen and oxygen atoms in total. The topological polar surface area (TPSA) is 101 Å². The van der Waals surface area contributed by atoms with Gasteiger partial charge in [0.1, 0.15) is 11.3 Å². The molecule has 1 saturated heterocycles. The third-order valence-electron chi connectivity index (χ3n) is 4.74. The van der Waals surface area contributed by atoms with Crippen LogP contribution in [0.1, 0.15) is 42.6 Å². The van der Waals surface area contributed by atoms with E-state index in [1.165, 1.54) is 11.0 Å². The Morgan fingerprint density at radius 1 is 1.38 bits per heavy atom. The molecular weight excluding hydrogens is 358 g/mol. The number of esters is 1. The van der Waals surface area contributed by atoms with Gasteiger partial charge in [0.25, 0.3) is 5.91 Å². The van der Waals surface area contributed by atoms with Gasteiger partial charge in [-0.1, -0.05) is 19.1 Å². The second-order valence-corrected chi connectivity index (χ2v) is 8.89. The zero-order valence-electron chi connectivity index (χ0n) is 15.3. The first-order chi connectivity index (χ1) is 12.2. The highest BCUT2D eigenvalue weighted by molar-refractivity contribution is 7.91. The number of sulfone groups is 1. The standard InChI is InChI=1S/C18H25NO6S/c1-4-13(3)19(14-8-9-26(23,24)11-14)16(20)10-25-18(22)15-7-5-6-12(2)17(15)21/h5-7,13-14,21H,4,8-11H2,1-3H3/t13-,14+/m1/s1. The number of hydrogen-bond acceptors (Lipinski definition) is 6. The van der Waals surface area contributed by atoms with Gasteiger partial charge in [-0.2, -0.15) is 0 Å². The lowest BCUT2D eigenvalue weighted by atomic mass is 10.1. The maximum atomic E-state index is 12.6. The van der Waals surface area contributed by atoms with E-state index < -0.39 is 34.4 Å². The van der Waals surface area contributed by atoms with Crippen LogP contribution in [0.3, 0.4) is 0 Å². The van der Waals surface area contributed by atoms with Gasteiger partial charge in [0.15, 0.2) is 16.4 Å². The summed E-state index contributed by atoms with van der Waals surface area (Å²) in [5.74, 6) is -1.39. The average Bonchev–Trinajstić information content (AvgIpc) is 2.94. The number of ether oxygens (including phenoxy) is 1. The van der Waals surface area contributed by atoms with E-state index >= 15 is 0 Å². The monoisotopic (exact) mass is 383 g/mol. The molecule has 2 atom stereocenters. The fourth-order valence-corrected chi connectivity index (χ4v) is 4.82. The van der Waals surface area contributed by atoms with Crippen LogP contribution < -0.4 is 0 Å². The molecule has 144 valence electrons. The second kappa shape index (κ2) is 8.07. The van der Waals surface area contributed by atoms with Gasteiger partial charge in [-0.15, -0.1) is 0 Å². The van der Waals surface area contributed by atoms with Crippen LogP contribution in [0.25, 0.3) is 0 Å². The number of para-hydroxylation sites is 1. The highest BCUT2D eigenvalue weighted by Crippen LogP contribution is 2.23. The van der Waals surface area contributed by atoms with Crippen molar-refractivity contribution in [1.82, 2.24) is 4.90 Å². The number of nitrogens with zero attached hydrogens (tertiary/aromatic N) is 1. The molecule has 0 aliphatic carbocycles. The Bertz CT molecular complexity index is 789. The van der Waals surface area contributed by atoms with Crippen molar-refractivity contribution in [3.8, 4) is 5.75 Å². The van der Waals surface area contributed by atoms with Gasteiger partial charge in [-0.05, 0) is 38.3 Å². The van der Waals surface area contributed by atoms with Gasteiger partial charge < -0.3 is 14.7 Å². The number of aromatic hydroxyl groups is 1. The minimum Gasteiger partial charge on any atom is -0.507 e. The lowest BCUT2D eigenvalue weighted by Gasteiger charge is -2.33. The van der Waals surface area contributed by atoms with Crippen LogP contribution in [0.2, 0.25) is 0 Å². The van der Waals surface area contributed by atoms with Gasteiger partial charge in [-0.25, -0.2) is 13.2 Å². The van der Waals surface area contributed by atoms with Crippen LogP contribution in [-0.4, -0.2) is 60.5 Å². The van der Waals surface area contributed by atoms with E-state index in [-0.39, 0.29) is 28.9 Å². The first-order valence-corrected chi connectivity index (χ1v) is 10.5. The summed E-state index contributed by atoms with van der Waals surface area (Å²) in [5.41, 5.74) is 0.527. The van der Waals surface area contributed by atoms with E-state index in [1.807, 2.05) is 13.8 Å². The predicted molar refractivity (Wildman–Crippen MR) is 96.8 cm³/mol. The SMILES string of the molecule is CC[C@@H](C)N(C(=O)COC(=O)c1cccc(C)c1O)[C@H]1CCS(=O)(=O)C1. The lowest BCUT2D eigenvalue weighted by Crippen LogP contribution is -2.48. The number of phenols is 1. The number of carbonyl (C=O) groups is 2. The second-order valence-electron chi connectivity index (χ2n) is 6.66. The summed E-state index contributed by atoms with van der Waals surface area (Å²) in [6.07, 6.45) is 1.06. The van der Waals surface area contributed by atoms with Crippen molar-refractivity contribution in [2.24, 2.45) is 0 Å². The highest BCUT2D eigenvalue weighted by Gasteiger charge is 2.36. The molecule has 1 aromatic carbocycles. The quantitative estimate of drug-likeness (QED) is 0.750. The Kier molecular flexibility index (Phi) is 6.28. The maximum absolute atomic E-state index is 12.6. The molecular formula is C18H25NO6S. The Labute approximate surface area is 153 Å². The Morgan fingerprint density at radius 2 is 2.08 bits per heavy atom. The minimum absolute atomic E-state index is 0.00339. The van der Waals surface area contributed by atoms with Crippen molar-refractivity contribution < 1.29 is 27.9 Å². The molecule has 1 fully saturated rings. The first kappa shape index (κ1) is 20.2. The summed E-state index contributed by atoms with van der Waals surface area (Å²) < 4.78 is 28.6. The molecule has 0 spiro atoms. The Balaban J connectivity index is 2.07. The van der Waals surface area contributed by atoms with E-state index in [2.05, 4.69) is 0 Å². The molecule has 0 saturated carbocycles. The normalized spacial score (nSPS) is 19.7. The predicted octanol–water partition coefficient (Wildman–Crippen LogP) is 1.67. The highest BCUT2D eigenvalue weighted by atomic mass is 32.2. The third kappa shape index (κ3) is 4.55. The van der Waals surface area contributed by atoms with Crippen LogP contribution in [0.5, 0.6) is 5.75 Å². The van der Waals surface area contributed by atoms with Crippen LogP contribution in [-0.2, 0) is 19.4 Å². The van der Waals surface area contributed by atoms with Crippen molar-refractivity contribution >= 4 is 21.7 Å². The Morgan fingerprint density at radius 3 is 2.65 bits per heavy atom. The number of phenolic OH excluding ortho intramolecular Hbond substituents is 1. The number of aryl methyl sites for hydroxylation is 1. The van der Waals surface area contributed by atoms with Gasteiger partial charge in [0.2, 0.25) is 0 Å². The number of rotatable bonds is 6. The third-order valence-corrected chi connectivity index (χ3v) is 6.49. The van der Waals surface area contributed by atoms with E-state index in [9.17, 15) is 23.1 Å². The maximum Gasteiger partial charge on any atom is 0.342 e. The molecule has 8 heteroatoms. The number of hydrogen-bond donors (Lipinski definition) is 1. The number of carbonyl (C=O) groups excluding carboxylic acids is 2. The van der Waals surface area contributed by atoms with Gasteiger partial charge in [0.05, 0.1) is 11.5 Å². The largest absolute Gasteiger partial charge is 0.507 e. The van der Waals surface area contributed by atoms with Crippen molar-refractivity contribution in [2.45, 2.75) is 45.7 Å².